The molecule has 152 valence electrons. The van der Waals surface area contributed by atoms with Gasteiger partial charge in [0.2, 0.25) is 11.8 Å². The monoisotopic (exact) mass is 410 g/mol. The minimum absolute atomic E-state index is 0.109. The van der Waals surface area contributed by atoms with Gasteiger partial charge < -0.3 is 10.2 Å². The molecular weight excluding hydrogens is 384 g/mol. The molecule has 0 atom stereocenters. The van der Waals surface area contributed by atoms with Crippen LogP contribution >= 0.6 is 11.3 Å². The van der Waals surface area contributed by atoms with E-state index in [2.05, 4.69) is 27.3 Å². The molecule has 2 aromatic rings. The molecule has 1 aromatic heterocycles. The highest BCUT2D eigenvalue weighted by atomic mass is 32.1. The van der Waals surface area contributed by atoms with Crippen molar-refractivity contribution in [3.8, 4) is 0 Å². The second-order valence-corrected chi connectivity index (χ2v) is 9.33. The summed E-state index contributed by atoms with van der Waals surface area (Å²) in [6, 6.07) is 8.23. The van der Waals surface area contributed by atoms with Crippen molar-refractivity contribution in [2.24, 2.45) is 5.92 Å². The van der Waals surface area contributed by atoms with Gasteiger partial charge in [-0.3, -0.25) is 14.5 Å². The molecule has 2 aliphatic heterocycles. The Kier molecular flexibility index (Phi) is 5.09. The summed E-state index contributed by atoms with van der Waals surface area (Å²) in [4.78, 5) is 35.2. The highest BCUT2D eigenvalue weighted by Gasteiger charge is 2.29. The number of nitrogens with one attached hydrogen (secondary N) is 1. The lowest BCUT2D eigenvalue weighted by Crippen LogP contribution is -2.44. The van der Waals surface area contributed by atoms with Crippen LogP contribution < -0.4 is 10.2 Å². The summed E-state index contributed by atoms with van der Waals surface area (Å²) in [5.41, 5.74) is 3.41. The first-order chi connectivity index (χ1) is 14.2. The van der Waals surface area contributed by atoms with Crippen LogP contribution in [0.15, 0.2) is 24.3 Å². The number of fused-ring (bicyclic) bond motifs is 2. The fourth-order valence-corrected chi connectivity index (χ4v) is 5.44. The number of carbonyl (C=O) groups excluding carboxylic acids is 2. The second-order valence-electron chi connectivity index (χ2n) is 8.24. The van der Waals surface area contributed by atoms with Crippen molar-refractivity contribution in [3.05, 3.63) is 40.4 Å². The summed E-state index contributed by atoms with van der Waals surface area (Å²) >= 11 is 1.56. The van der Waals surface area contributed by atoms with Crippen molar-refractivity contribution < 1.29 is 9.59 Å². The zero-order valence-corrected chi connectivity index (χ0v) is 17.3. The molecule has 0 unspecified atom stereocenters. The van der Waals surface area contributed by atoms with Gasteiger partial charge in [0.25, 0.3) is 0 Å². The van der Waals surface area contributed by atoms with Crippen LogP contribution in [0.25, 0.3) is 0 Å². The quantitative estimate of drug-likeness (QED) is 0.841. The number of thiazole rings is 1. The van der Waals surface area contributed by atoms with Crippen LogP contribution in [0.4, 0.5) is 10.8 Å². The van der Waals surface area contributed by atoms with Gasteiger partial charge in [0.15, 0.2) is 5.13 Å². The molecule has 2 amide bonds. The van der Waals surface area contributed by atoms with Crippen molar-refractivity contribution in [2.75, 3.05) is 29.9 Å². The summed E-state index contributed by atoms with van der Waals surface area (Å²) in [7, 11) is 0. The first-order valence-corrected chi connectivity index (χ1v) is 11.4. The van der Waals surface area contributed by atoms with Crippen LogP contribution in [0.5, 0.6) is 0 Å². The smallest absolute Gasteiger partial charge is 0.241 e. The van der Waals surface area contributed by atoms with Crippen LogP contribution in [0, 0.1) is 5.92 Å². The Morgan fingerprint density at radius 3 is 2.83 bits per heavy atom. The van der Waals surface area contributed by atoms with Gasteiger partial charge in [0.1, 0.15) is 0 Å². The number of rotatable bonds is 4. The van der Waals surface area contributed by atoms with Crippen molar-refractivity contribution in [1.82, 2.24) is 9.88 Å². The molecule has 1 N–H and O–H groups in total. The van der Waals surface area contributed by atoms with E-state index in [1.165, 1.54) is 10.4 Å². The fraction of sp³-hybridized carbons (Fsp3) is 0.500. The van der Waals surface area contributed by atoms with Crippen LogP contribution in [0.1, 0.15) is 41.8 Å². The molecule has 1 aromatic carbocycles. The number of anilines is 2. The molecule has 1 saturated carbocycles. The summed E-state index contributed by atoms with van der Waals surface area (Å²) in [6.45, 7) is 2.78. The summed E-state index contributed by atoms with van der Waals surface area (Å²) < 4.78 is 0. The van der Waals surface area contributed by atoms with E-state index in [1.807, 2.05) is 17.0 Å². The number of para-hydroxylation sites is 1. The molecule has 7 heteroatoms. The largest absolute Gasteiger partial charge is 0.311 e. The van der Waals surface area contributed by atoms with Gasteiger partial charge in [-0.05, 0) is 37.3 Å². The van der Waals surface area contributed by atoms with Gasteiger partial charge >= 0.3 is 0 Å². The third-order valence-electron chi connectivity index (χ3n) is 6.29. The van der Waals surface area contributed by atoms with Gasteiger partial charge in [-0.1, -0.05) is 24.6 Å². The van der Waals surface area contributed by atoms with Gasteiger partial charge in [0, 0.05) is 42.5 Å². The Bertz CT molecular complexity index is 937. The van der Waals surface area contributed by atoms with Crippen molar-refractivity contribution in [3.63, 3.8) is 0 Å². The van der Waals surface area contributed by atoms with E-state index in [4.69, 9.17) is 0 Å². The molecule has 0 saturated heterocycles. The van der Waals surface area contributed by atoms with Gasteiger partial charge in [-0.2, -0.15) is 0 Å². The maximum Gasteiger partial charge on any atom is 0.241 e. The lowest BCUT2D eigenvalue weighted by Gasteiger charge is -2.32. The second kappa shape index (κ2) is 7.88. The van der Waals surface area contributed by atoms with Crippen LogP contribution in [-0.4, -0.2) is 41.3 Å². The van der Waals surface area contributed by atoms with E-state index in [0.717, 1.165) is 69.5 Å². The average molecular weight is 411 g/mol. The normalized spacial score (nSPS) is 19.2. The zero-order chi connectivity index (χ0) is 19.8. The Balaban J connectivity index is 1.22. The fourth-order valence-electron chi connectivity index (χ4n) is 4.38. The topological polar surface area (TPSA) is 65.5 Å². The zero-order valence-electron chi connectivity index (χ0n) is 16.5. The molecule has 0 spiro atoms. The molecule has 1 fully saturated rings. The third-order valence-corrected chi connectivity index (χ3v) is 7.28. The maximum atomic E-state index is 13.0. The molecule has 29 heavy (non-hydrogen) atoms. The van der Waals surface area contributed by atoms with Crippen LogP contribution in [-0.2, 0) is 29.0 Å². The van der Waals surface area contributed by atoms with Gasteiger partial charge in [-0.15, -0.1) is 11.3 Å². The number of benzene rings is 1. The predicted octanol–water partition coefficient (Wildman–Crippen LogP) is 3.22. The van der Waals surface area contributed by atoms with Crippen molar-refractivity contribution in [2.45, 2.75) is 45.1 Å². The molecular formula is C22H26N4O2S. The third kappa shape index (κ3) is 3.81. The van der Waals surface area contributed by atoms with Crippen molar-refractivity contribution in [1.29, 1.82) is 0 Å². The van der Waals surface area contributed by atoms with Crippen LogP contribution in [0.2, 0.25) is 0 Å². The molecule has 3 aliphatic rings. The maximum absolute atomic E-state index is 13.0. The van der Waals surface area contributed by atoms with Crippen molar-refractivity contribution >= 4 is 34.0 Å². The first-order valence-electron chi connectivity index (χ1n) is 10.6. The highest BCUT2D eigenvalue weighted by molar-refractivity contribution is 7.15. The number of amides is 2. The Morgan fingerprint density at radius 2 is 2.00 bits per heavy atom. The number of carbonyl (C=O) groups is 2. The molecule has 6 nitrogen and oxygen atoms in total. The van der Waals surface area contributed by atoms with Crippen LogP contribution in [0.3, 0.4) is 0 Å². The SMILES string of the molecule is O=C(Nc1nc2c(s1)CN(CC(=O)N1CCCc3ccccc31)CC2)C1CCC1. The molecule has 0 bridgehead atoms. The number of hydrogen-bond acceptors (Lipinski definition) is 5. The van der Waals surface area contributed by atoms with Gasteiger partial charge in [0.05, 0.1) is 12.2 Å². The lowest BCUT2D eigenvalue weighted by atomic mass is 9.85. The van der Waals surface area contributed by atoms with E-state index in [9.17, 15) is 9.59 Å². The Hall–Kier alpha value is -2.25. The first kappa shape index (κ1) is 18.8. The Morgan fingerprint density at radius 1 is 1.14 bits per heavy atom. The summed E-state index contributed by atoms with van der Waals surface area (Å²) in [5.74, 6) is 0.444. The molecule has 1 aliphatic carbocycles. The molecule has 3 heterocycles. The number of aryl methyl sites for hydroxylation is 1. The average Bonchev–Trinajstić information content (AvgIpc) is 3.07. The van der Waals surface area contributed by atoms with E-state index in [1.54, 1.807) is 11.3 Å². The standard InChI is InChI=1S/C22H26N4O2S/c27-20(26-11-4-8-15-5-1-2-9-18(15)26)14-25-12-10-17-19(13-25)29-22(23-17)24-21(28)16-6-3-7-16/h1-2,5,9,16H,3-4,6-8,10-14H2,(H,23,24,28). The highest BCUT2D eigenvalue weighted by Crippen LogP contribution is 2.32. The number of aromatic nitrogens is 1. The minimum atomic E-state index is 0.109. The van der Waals surface area contributed by atoms with E-state index in [0.29, 0.717) is 11.7 Å². The molecule has 5 rings (SSSR count). The van der Waals surface area contributed by atoms with E-state index < -0.39 is 0 Å². The minimum Gasteiger partial charge on any atom is -0.311 e. The summed E-state index contributed by atoms with van der Waals surface area (Å²) in [5, 5.41) is 3.71. The molecule has 0 radical (unpaired) electrons. The number of nitrogens with zero attached hydrogens (tertiary/aromatic N) is 3. The lowest BCUT2D eigenvalue weighted by molar-refractivity contribution is -0.122. The summed E-state index contributed by atoms with van der Waals surface area (Å²) in [6.07, 6.45) is 6.03. The predicted molar refractivity (Wildman–Crippen MR) is 114 cm³/mol. The number of hydrogen-bond donors (Lipinski definition) is 1. The Labute approximate surface area is 174 Å². The van der Waals surface area contributed by atoms with Gasteiger partial charge in [-0.25, -0.2) is 4.98 Å². The van der Waals surface area contributed by atoms with E-state index in [-0.39, 0.29) is 17.7 Å². The van der Waals surface area contributed by atoms with E-state index >= 15 is 0 Å².